The molecule has 0 amide bonds. The van der Waals surface area contributed by atoms with E-state index >= 15 is 0 Å². The third-order valence-electron chi connectivity index (χ3n) is 3.91. The number of hydrogen-bond acceptors (Lipinski definition) is 2. The Morgan fingerprint density at radius 1 is 1.00 bits per heavy atom. The summed E-state index contributed by atoms with van der Waals surface area (Å²) in [5.41, 5.74) is 2.83. The molecule has 0 aromatic heterocycles. The van der Waals surface area contributed by atoms with Crippen molar-refractivity contribution in [2.75, 3.05) is 26.2 Å². The molecule has 0 aliphatic rings. The fraction of sp³-hybridized carbons (Fsp3) is 0.647. The van der Waals surface area contributed by atoms with Gasteiger partial charge >= 0.3 is 0 Å². The lowest BCUT2D eigenvalue weighted by Crippen LogP contribution is -2.33. The van der Waals surface area contributed by atoms with Gasteiger partial charge in [0.15, 0.2) is 0 Å². The summed E-state index contributed by atoms with van der Waals surface area (Å²) in [5.74, 6) is 0. The highest BCUT2D eigenvalue weighted by atomic mass is 15.1. The van der Waals surface area contributed by atoms with Crippen molar-refractivity contribution in [2.24, 2.45) is 0 Å². The Labute approximate surface area is 119 Å². The van der Waals surface area contributed by atoms with Gasteiger partial charge in [-0.05, 0) is 37.1 Å². The van der Waals surface area contributed by atoms with Gasteiger partial charge in [0.25, 0.3) is 0 Å². The summed E-state index contributed by atoms with van der Waals surface area (Å²) >= 11 is 0. The SMILES string of the molecule is CCc1ccc(C(CC)NCCN(CC)CC)cc1. The third-order valence-corrected chi connectivity index (χ3v) is 3.91. The molecule has 1 aromatic carbocycles. The van der Waals surface area contributed by atoms with Gasteiger partial charge in [-0.1, -0.05) is 52.0 Å². The number of rotatable bonds is 9. The van der Waals surface area contributed by atoms with Gasteiger partial charge in [0.2, 0.25) is 0 Å². The molecule has 1 rings (SSSR count). The van der Waals surface area contributed by atoms with E-state index in [1.165, 1.54) is 11.1 Å². The first-order valence-electron chi connectivity index (χ1n) is 7.79. The van der Waals surface area contributed by atoms with Crippen LogP contribution in [-0.4, -0.2) is 31.1 Å². The van der Waals surface area contributed by atoms with E-state index in [0.29, 0.717) is 6.04 Å². The van der Waals surface area contributed by atoms with Crippen LogP contribution in [0.25, 0.3) is 0 Å². The molecule has 1 atom stereocenters. The van der Waals surface area contributed by atoms with Gasteiger partial charge in [0.05, 0.1) is 0 Å². The number of benzene rings is 1. The second kappa shape index (κ2) is 9.11. The van der Waals surface area contributed by atoms with Crippen molar-refractivity contribution in [1.82, 2.24) is 10.2 Å². The summed E-state index contributed by atoms with van der Waals surface area (Å²) in [5, 5.41) is 3.68. The minimum atomic E-state index is 0.487. The standard InChI is InChI=1S/C17H30N2/c1-5-15-9-11-16(12-10-15)17(6-2)18-13-14-19(7-3)8-4/h9-12,17-18H,5-8,13-14H2,1-4H3. The highest BCUT2D eigenvalue weighted by Crippen LogP contribution is 2.17. The van der Waals surface area contributed by atoms with Crippen LogP contribution in [0, 0.1) is 0 Å². The molecule has 1 aromatic rings. The summed E-state index contributed by atoms with van der Waals surface area (Å²) in [6.45, 7) is 13.4. The predicted molar refractivity (Wildman–Crippen MR) is 84.6 cm³/mol. The maximum absolute atomic E-state index is 3.68. The fourth-order valence-electron chi connectivity index (χ4n) is 2.42. The number of likely N-dealkylation sites (N-methyl/N-ethyl adjacent to an activating group) is 1. The largest absolute Gasteiger partial charge is 0.309 e. The van der Waals surface area contributed by atoms with Crippen molar-refractivity contribution in [1.29, 1.82) is 0 Å². The van der Waals surface area contributed by atoms with E-state index < -0.39 is 0 Å². The molecule has 0 fully saturated rings. The lowest BCUT2D eigenvalue weighted by Gasteiger charge is -2.22. The maximum atomic E-state index is 3.68. The molecule has 2 nitrogen and oxygen atoms in total. The Hall–Kier alpha value is -0.860. The number of nitrogens with one attached hydrogen (secondary N) is 1. The third kappa shape index (κ3) is 5.33. The average Bonchev–Trinajstić information content (AvgIpc) is 2.48. The zero-order valence-electron chi connectivity index (χ0n) is 13.1. The smallest absolute Gasteiger partial charge is 0.0318 e. The summed E-state index contributed by atoms with van der Waals surface area (Å²) in [4.78, 5) is 2.46. The fourth-order valence-corrected chi connectivity index (χ4v) is 2.42. The quantitative estimate of drug-likeness (QED) is 0.731. The van der Waals surface area contributed by atoms with Crippen molar-refractivity contribution in [3.63, 3.8) is 0 Å². The van der Waals surface area contributed by atoms with Crippen LogP contribution in [0.5, 0.6) is 0 Å². The zero-order valence-corrected chi connectivity index (χ0v) is 13.1. The van der Waals surface area contributed by atoms with E-state index in [1.807, 2.05) is 0 Å². The molecule has 0 bridgehead atoms. The van der Waals surface area contributed by atoms with E-state index in [1.54, 1.807) is 0 Å². The van der Waals surface area contributed by atoms with Crippen LogP contribution < -0.4 is 5.32 Å². The maximum Gasteiger partial charge on any atom is 0.0318 e. The van der Waals surface area contributed by atoms with Crippen LogP contribution in [0.15, 0.2) is 24.3 Å². The van der Waals surface area contributed by atoms with Crippen molar-refractivity contribution >= 4 is 0 Å². The Bertz CT molecular complexity index is 328. The van der Waals surface area contributed by atoms with Gasteiger partial charge < -0.3 is 10.2 Å². The first kappa shape index (κ1) is 16.2. The normalized spacial score (nSPS) is 12.9. The second-order valence-corrected chi connectivity index (χ2v) is 5.04. The predicted octanol–water partition coefficient (Wildman–Crippen LogP) is 3.63. The van der Waals surface area contributed by atoms with Crippen LogP contribution in [0.2, 0.25) is 0 Å². The van der Waals surface area contributed by atoms with Crippen molar-refractivity contribution in [3.05, 3.63) is 35.4 Å². The molecule has 1 unspecified atom stereocenters. The summed E-state index contributed by atoms with van der Waals surface area (Å²) < 4.78 is 0. The molecular formula is C17H30N2. The number of nitrogens with zero attached hydrogens (tertiary/aromatic N) is 1. The van der Waals surface area contributed by atoms with Crippen molar-refractivity contribution < 1.29 is 0 Å². The molecular weight excluding hydrogens is 232 g/mol. The topological polar surface area (TPSA) is 15.3 Å². The van der Waals surface area contributed by atoms with Gasteiger partial charge in [0, 0.05) is 19.1 Å². The van der Waals surface area contributed by atoms with E-state index in [2.05, 4.69) is 62.2 Å². The summed E-state index contributed by atoms with van der Waals surface area (Å²) in [7, 11) is 0. The molecule has 0 aliphatic heterocycles. The van der Waals surface area contributed by atoms with Gasteiger partial charge in [-0.3, -0.25) is 0 Å². The first-order chi connectivity index (χ1) is 9.24. The van der Waals surface area contributed by atoms with E-state index in [0.717, 1.165) is 39.0 Å². The zero-order chi connectivity index (χ0) is 14.1. The summed E-state index contributed by atoms with van der Waals surface area (Å²) in [6.07, 6.45) is 2.26. The van der Waals surface area contributed by atoms with E-state index in [4.69, 9.17) is 0 Å². The molecule has 19 heavy (non-hydrogen) atoms. The number of hydrogen-bond donors (Lipinski definition) is 1. The Morgan fingerprint density at radius 3 is 2.11 bits per heavy atom. The Balaban J connectivity index is 2.48. The molecule has 0 saturated heterocycles. The van der Waals surface area contributed by atoms with E-state index in [9.17, 15) is 0 Å². The van der Waals surface area contributed by atoms with Crippen molar-refractivity contribution in [3.8, 4) is 0 Å². The highest BCUT2D eigenvalue weighted by Gasteiger charge is 2.08. The van der Waals surface area contributed by atoms with Crippen LogP contribution >= 0.6 is 0 Å². The molecule has 0 aliphatic carbocycles. The average molecular weight is 262 g/mol. The number of aryl methyl sites for hydroxylation is 1. The Morgan fingerprint density at radius 2 is 1.63 bits per heavy atom. The monoisotopic (exact) mass is 262 g/mol. The summed E-state index contributed by atoms with van der Waals surface area (Å²) in [6, 6.07) is 9.55. The lowest BCUT2D eigenvalue weighted by atomic mass is 10.0. The van der Waals surface area contributed by atoms with E-state index in [-0.39, 0.29) is 0 Å². The van der Waals surface area contributed by atoms with Gasteiger partial charge in [0.1, 0.15) is 0 Å². The molecule has 0 heterocycles. The van der Waals surface area contributed by atoms with Gasteiger partial charge in [-0.15, -0.1) is 0 Å². The first-order valence-corrected chi connectivity index (χ1v) is 7.79. The minimum Gasteiger partial charge on any atom is -0.309 e. The molecule has 0 spiro atoms. The molecule has 2 heteroatoms. The Kier molecular flexibility index (Phi) is 7.76. The van der Waals surface area contributed by atoms with Gasteiger partial charge in [-0.25, -0.2) is 0 Å². The van der Waals surface area contributed by atoms with Crippen LogP contribution in [-0.2, 0) is 6.42 Å². The molecule has 0 radical (unpaired) electrons. The molecule has 108 valence electrons. The van der Waals surface area contributed by atoms with Crippen LogP contribution in [0.1, 0.15) is 51.3 Å². The van der Waals surface area contributed by atoms with Crippen LogP contribution in [0.4, 0.5) is 0 Å². The van der Waals surface area contributed by atoms with Crippen LogP contribution in [0.3, 0.4) is 0 Å². The molecule has 1 N–H and O–H groups in total. The minimum absolute atomic E-state index is 0.487. The lowest BCUT2D eigenvalue weighted by molar-refractivity contribution is 0.295. The molecule has 0 saturated carbocycles. The highest BCUT2D eigenvalue weighted by molar-refractivity contribution is 5.24. The van der Waals surface area contributed by atoms with Gasteiger partial charge in [-0.2, -0.15) is 0 Å². The second-order valence-electron chi connectivity index (χ2n) is 5.04. The van der Waals surface area contributed by atoms with Crippen molar-refractivity contribution in [2.45, 2.75) is 46.6 Å².